The summed E-state index contributed by atoms with van der Waals surface area (Å²) in [4.78, 5) is 22.6. The molecule has 0 aliphatic rings. The molecule has 0 radical (unpaired) electrons. The highest BCUT2D eigenvalue weighted by atomic mass is 32.2. The summed E-state index contributed by atoms with van der Waals surface area (Å²) in [6.45, 7) is 1.70. The lowest BCUT2D eigenvalue weighted by Crippen LogP contribution is -2.30. The van der Waals surface area contributed by atoms with Gasteiger partial charge in [-0.2, -0.15) is 0 Å². The van der Waals surface area contributed by atoms with Crippen molar-refractivity contribution in [2.24, 2.45) is 0 Å². The monoisotopic (exact) mass is 455 g/mol. The predicted octanol–water partition coefficient (Wildman–Crippen LogP) is 3.48. The van der Waals surface area contributed by atoms with E-state index in [1.165, 1.54) is 55.5 Å². The third-order valence-corrected chi connectivity index (χ3v) is 5.89. The van der Waals surface area contributed by atoms with Gasteiger partial charge in [0.25, 0.3) is 11.6 Å². The number of nitro groups is 1. The number of sulfonamides is 1. The van der Waals surface area contributed by atoms with Gasteiger partial charge in [0.1, 0.15) is 5.75 Å². The molecule has 0 fully saturated rings. The molecular weight excluding hydrogens is 434 g/mol. The van der Waals surface area contributed by atoms with E-state index >= 15 is 0 Å². The number of rotatable bonds is 9. The number of non-ortho nitro benzene ring substituents is 1. The molecule has 1 amide bonds. The summed E-state index contributed by atoms with van der Waals surface area (Å²) in [5, 5.41) is 13.3. The first-order valence-electron chi connectivity index (χ1n) is 9.60. The minimum absolute atomic E-state index is 0.0709. The fraction of sp³-hybridized carbons (Fsp3) is 0.136. The molecule has 0 aromatic heterocycles. The number of nitro benzene ring substituents is 1. The van der Waals surface area contributed by atoms with Gasteiger partial charge in [-0.25, -0.2) is 13.1 Å². The smallest absolute Gasteiger partial charge is 0.269 e. The molecule has 1 unspecified atom stereocenters. The van der Waals surface area contributed by atoms with E-state index in [-0.39, 0.29) is 17.1 Å². The summed E-state index contributed by atoms with van der Waals surface area (Å²) in [7, 11) is -3.71. The molecule has 3 aromatic carbocycles. The van der Waals surface area contributed by atoms with Crippen molar-refractivity contribution in [3.63, 3.8) is 0 Å². The second-order valence-corrected chi connectivity index (χ2v) is 8.60. The number of nitrogens with one attached hydrogen (secondary N) is 2. The quantitative estimate of drug-likeness (QED) is 0.376. The standard InChI is InChI=1S/C22H21N3O6S/c1-16(31-20-11-9-19(10-12-20)25(27)28)22(26)24-18-7-13-21(14-8-18)32(29,30)23-15-17-5-3-2-4-6-17/h2-14,16,23H,15H2,1H3,(H,24,26). The minimum atomic E-state index is -3.71. The van der Waals surface area contributed by atoms with Crippen LogP contribution in [0.1, 0.15) is 12.5 Å². The van der Waals surface area contributed by atoms with E-state index in [2.05, 4.69) is 10.0 Å². The van der Waals surface area contributed by atoms with Crippen LogP contribution in [0.3, 0.4) is 0 Å². The third-order valence-electron chi connectivity index (χ3n) is 4.47. The van der Waals surface area contributed by atoms with Gasteiger partial charge in [-0.1, -0.05) is 30.3 Å². The van der Waals surface area contributed by atoms with E-state index < -0.39 is 27.0 Å². The van der Waals surface area contributed by atoms with Gasteiger partial charge < -0.3 is 10.1 Å². The molecular formula is C22H21N3O6S. The molecule has 0 aliphatic heterocycles. The molecule has 10 heteroatoms. The summed E-state index contributed by atoms with van der Waals surface area (Å²) >= 11 is 0. The van der Waals surface area contributed by atoms with Crippen molar-refractivity contribution in [3.05, 3.63) is 94.5 Å². The van der Waals surface area contributed by atoms with E-state index in [1.807, 2.05) is 30.3 Å². The second-order valence-electron chi connectivity index (χ2n) is 6.83. The summed E-state index contributed by atoms with van der Waals surface area (Å²) in [6, 6.07) is 20.3. The first-order chi connectivity index (χ1) is 15.2. The number of carbonyl (C=O) groups is 1. The molecule has 1 atom stereocenters. The van der Waals surface area contributed by atoms with Crippen LogP contribution in [0.2, 0.25) is 0 Å². The summed E-state index contributed by atoms with van der Waals surface area (Å²) in [6.07, 6.45) is -0.882. The van der Waals surface area contributed by atoms with Crippen LogP contribution in [0.15, 0.2) is 83.8 Å². The highest BCUT2D eigenvalue weighted by Crippen LogP contribution is 2.19. The molecule has 2 N–H and O–H groups in total. The molecule has 0 spiro atoms. The number of nitrogens with zero attached hydrogens (tertiary/aromatic N) is 1. The van der Waals surface area contributed by atoms with Crippen LogP contribution >= 0.6 is 0 Å². The molecule has 166 valence electrons. The zero-order valence-corrected chi connectivity index (χ0v) is 17.9. The average molecular weight is 455 g/mol. The normalized spacial score (nSPS) is 12.0. The number of anilines is 1. The molecule has 0 saturated carbocycles. The van der Waals surface area contributed by atoms with E-state index in [4.69, 9.17) is 4.74 Å². The van der Waals surface area contributed by atoms with Gasteiger partial charge in [0.05, 0.1) is 9.82 Å². The zero-order valence-electron chi connectivity index (χ0n) is 17.1. The Balaban J connectivity index is 1.57. The lowest BCUT2D eigenvalue weighted by Gasteiger charge is -2.15. The first kappa shape index (κ1) is 22.9. The highest BCUT2D eigenvalue weighted by molar-refractivity contribution is 7.89. The maximum absolute atomic E-state index is 12.5. The highest BCUT2D eigenvalue weighted by Gasteiger charge is 2.17. The molecule has 0 aliphatic carbocycles. The van der Waals surface area contributed by atoms with E-state index in [0.29, 0.717) is 11.4 Å². The zero-order chi connectivity index (χ0) is 23.1. The Hall–Kier alpha value is -3.76. The van der Waals surface area contributed by atoms with E-state index in [1.54, 1.807) is 0 Å². The van der Waals surface area contributed by atoms with Crippen molar-refractivity contribution in [1.82, 2.24) is 4.72 Å². The van der Waals surface area contributed by atoms with Gasteiger partial charge in [0.15, 0.2) is 6.10 Å². The van der Waals surface area contributed by atoms with Gasteiger partial charge in [-0.05, 0) is 48.9 Å². The molecule has 0 saturated heterocycles. The van der Waals surface area contributed by atoms with Crippen LogP contribution in [0.5, 0.6) is 5.75 Å². The number of hydrogen-bond acceptors (Lipinski definition) is 6. The van der Waals surface area contributed by atoms with Crippen molar-refractivity contribution < 1.29 is 22.9 Å². The Morgan fingerprint density at radius 2 is 1.62 bits per heavy atom. The Morgan fingerprint density at radius 3 is 2.22 bits per heavy atom. The van der Waals surface area contributed by atoms with Crippen molar-refractivity contribution in [2.75, 3.05) is 5.32 Å². The number of ether oxygens (including phenoxy) is 1. The van der Waals surface area contributed by atoms with Gasteiger partial charge in [0, 0.05) is 24.4 Å². The minimum Gasteiger partial charge on any atom is -0.481 e. The Bertz CT molecular complexity index is 1180. The van der Waals surface area contributed by atoms with Crippen LogP contribution in [-0.2, 0) is 21.4 Å². The predicted molar refractivity (Wildman–Crippen MR) is 119 cm³/mol. The number of amides is 1. The van der Waals surface area contributed by atoms with Gasteiger partial charge in [-0.15, -0.1) is 0 Å². The summed E-state index contributed by atoms with van der Waals surface area (Å²) in [5.41, 5.74) is 1.15. The van der Waals surface area contributed by atoms with Crippen LogP contribution in [0.4, 0.5) is 11.4 Å². The van der Waals surface area contributed by atoms with Crippen LogP contribution < -0.4 is 14.8 Å². The first-order valence-corrected chi connectivity index (χ1v) is 11.1. The van der Waals surface area contributed by atoms with Crippen molar-refractivity contribution in [3.8, 4) is 5.75 Å². The lowest BCUT2D eigenvalue weighted by molar-refractivity contribution is -0.384. The second kappa shape index (κ2) is 10.0. The van der Waals surface area contributed by atoms with Gasteiger partial charge in [-0.3, -0.25) is 14.9 Å². The molecule has 3 rings (SSSR count). The van der Waals surface area contributed by atoms with Crippen molar-refractivity contribution in [2.45, 2.75) is 24.5 Å². The van der Waals surface area contributed by atoms with E-state index in [0.717, 1.165) is 5.56 Å². The fourth-order valence-corrected chi connectivity index (χ4v) is 3.74. The van der Waals surface area contributed by atoms with Crippen LogP contribution in [0.25, 0.3) is 0 Å². The van der Waals surface area contributed by atoms with Crippen molar-refractivity contribution in [1.29, 1.82) is 0 Å². The number of carbonyl (C=O) groups excluding carboxylic acids is 1. The Labute approximate surface area is 185 Å². The van der Waals surface area contributed by atoms with Crippen molar-refractivity contribution >= 4 is 27.3 Å². The van der Waals surface area contributed by atoms with Gasteiger partial charge in [0.2, 0.25) is 10.0 Å². The molecule has 32 heavy (non-hydrogen) atoms. The van der Waals surface area contributed by atoms with E-state index in [9.17, 15) is 23.3 Å². The Morgan fingerprint density at radius 1 is 1.00 bits per heavy atom. The molecule has 3 aromatic rings. The van der Waals surface area contributed by atoms with Crippen LogP contribution in [-0.4, -0.2) is 25.4 Å². The largest absolute Gasteiger partial charge is 0.481 e. The maximum atomic E-state index is 12.5. The van der Waals surface area contributed by atoms with Crippen LogP contribution in [0, 0.1) is 10.1 Å². The number of hydrogen-bond donors (Lipinski definition) is 2. The van der Waals surface area contributed by atoms with Gasteiger partial charge >= 0.3 is 0 Å². The average Bonchev–Trinajstić information content (AvgIpc) is 2.79. The maximum Gasteiger partial charge on any atom is 0.269 e. The Kier molecular flexibility index (Phi) is 7.18. The topological polar surface area (TPSA) is 128 Å². The lowest BCUT2D eigenvalue weighted by atomic mass is 10.2. The SMILES string of the molecule is CC(Oc1ccc([N+](=O)[O-])cc1)C(=O)Nc1ccc(S(=O)(=O)NCc2ccccc2)cc1. The fourth-order valence-electron chi connectivity index (χ4n) is 2.72. The number of benzene rings is 3. The molecule has 0 bridgehead atoms. The third kappa shape index (κ3) is 6.13. The summed E-state index contributed by atoms with van der Waals surface area (Å²) in [5.74, 6) is -0.148. The molecule has 9 nitrogen and oxygen atoms in total. The molecule has 0 heterocycles. The summed E-state index contributed by atoms with van der Waals surface area (Å²) < 4.78 is 32.9.